The largest absolute Gasteiger partial charge is 0.480 e. The normalized spacial score (nSPS) is 12.3. The maximum atomic E-state index is 11.7. The molecular formula is C17H21N3O6. The molecule has 4 N–H and O–H groups in total. The van der Waals surface area contributed by atoms with Crippen LogP contribution >= 0.6 is 0 Å². The van der Waals surface area contributed by atoms with Crippen LogP contribution in [0, 0.1) is 11.3 Å². The molecular weight excluding hydrogens is 342 g/mol. The summed E-state index contributed by atoms with van der Waals surface area (Å²) >= 11 is 0. The van der Waals surface area contributed by atoms with Crippen LogP contribution < -0.4 is 10.6 Å². The number of nitrogens with zero attached hydrogens (tertiary/aromatic N) is 1. The Labute approximate surface area is 150 Å². The molecule has 0 aromatic heterocycles. The molecule has 9 heteroatoms. The molecule has 0 aliphatic heterocycles. The Bertz CT molecular complexity index is 644. The Balaban J connectivity index is 2.28. The lowest BCUT2D eigenvalue weighted by atomic mass is 10.1. The third kappa shape index (κ3) is 8.65. The van der Waals surface area contributed by atoms with Gasteiger partial charge in [-0.15, -0.1) is 0 Å². The summed E-state index contributed by atoms with van der Waals surface area (Å²) in [6, 6.07) is 9.63. The number of aliphatic hydroxyl groups is 1. The van der Waals surface area contributed by atoms with E-state index >= 15 is 0 Å². The zero-order valence-corrected chi connectivity index (χ0v) is 14.1. The van der Waals surface area contributed by atoms with Crippen LogP contribution in [0.4, 0.5) is 4.79 Å². The summed E-state index contributed by atoms with van der Waals surface area (Å²) in [6.07, 6.45) is -2.39. The van der Waals surface area contributed by atoms with Gasteiger partial charge < -0.3 is 25.6 Å². The summed E-state index contributed by atoms with van der Waals surface area (Å²) in [7, 11) is 0. The number of carboxylic acids is 1. The van der Waals surface area contributed by atoms with Crippen molar-refractivity contribution in [3.63, 3.8) is 0 Å². The van der Waals surface area contributed by atoms with Crippen LogP contribution in [-0.4, -0.2) is 46.9 Å². The molecule has 140 valence electrons. The fraction of sp³-hybridized carbons (Fsp3) is 0.412. The number of nitriles is 1. The number of amides is 2. The second-order valence-corrected chi connectivity index (χ2v) is 5.46. The summed E-state index contributed by atoms with van der Waals surface area (Å²) in [5.74, 6) is -1.95. The summed E-state index contributed by atoms with van der Waals surface area (Å²) < 4.78 is 4.95. The zero-order valence-electron chi connectivity index (χ0n) is 14.1. The molecule has 0 spiro atoms. The van der Waals surface area contributed by atoms with Crippen LogP contribution in [0.5, 0.6) is 0 Å². The first-order valence-electron chi connectivity index (χ1n) is 7.94. The SMILES string of the molecule is N#CCC[C@H](NC(=O)C[C@@H](O)CNC(=O)OCc1ccccc1)C(=O)O. The molecule has 26 heavy (non-hydrogen) atoms. The van der Waals surface area contributed by atoms with Crippen LogP contribution in [-0.2, 0) is 20.9 Å². The van der Waals surface area contributed by atoms with E-state index in [9.17, 15) is 19.5 Å². The molecule has 1 rings (SSSR count). The van der Waals surface area contributed by atoms with Gasteiger partial charge >= 0.3 is 12.1 Å². The highest BCUT2D eigenvalue weighted by atomic mass is 16.5. The number of benzene rings is 1. The zero-order chi connectivity index (χ0) is 19.4. The van der Waals surface area contributed by atoms with E-state index in [1.807, 2.05) is 6.07 Å². The number of carbonyl (C=O) groups excluding carboxylic acids is 2. The highest BCUT2D eigenvalue weighted by molar-refractivity contribution is 5.83. The quantitative estimate of drug-likeness (QED) is 0.474. The van der Waals surface area contributed by atoms with Crippen molar-refractivity contribution in [1.29, 1.82) is 5.26 Å². The third-order valence-electron chi connectivity index (χ3n) is 3.29. The van der Waals surface area contributed by atoms with Crippen LogP contribution in [0.15, 0.2) is 30.3 Å². The van der Waals surface area contributed by atoms with Gasteiger partial charge in [0.05, 0.1) is 18.6 Å². The predicted molar refractivity (Wildman–Crippen MR) is 89.7 cm³/mol. The molecule has 0 aliphatic carbocycles. The van der Waals surface area contributed by atoms with E-state index in [4.69, 9.17) is 15.1 Å². The molecule has 0 fully saturated rings. The number of carboxylic acid groups (broad SMARTS) is 1. The van der Waals surface area contributed by atoms with E-state index in [1.54, 1.807) is 30.3 Å². The topological polar surface area (TPSA) is 149 Å². The molecule has 0 saturated heterocycles. The standard InChI is InChI=1S/C17H21N3O6/c18-8-4-7-14(16(23)24)20-15(22)9-13(21)10-19-17(25)26-11-12-5-2-1-3-6-12/h1-3,5-6,13-14,21H,4,7,9-11H2,(H,19,25)(H,20,22)(H,23,24)/t13-,14+/m1/s1. The first-order valence-corrected chi connectivity index (χ1v) is 7.94. The number of aliphatic carboxylic acids is 1. The Hall–Kier alpha value is -3.12. The lowest BCUT2D eigenvalue weighted by Gasteiger charge is -2.15. The smallest absolute Gasteiger partial charge is 0.407 e. The number of nitrogens with one attached hydrogen (secondary N) is 2. The molecule has 9 nitrogen and oxygen atoms in total. The van der Waals surface area contributed by atoms with Gasteiger partial charge in [-0.25, -0.2) is 9.59 Å². The predicted octanol–water partition coefficient (Wildman–Crippen LogP) is 0.537. The molecule has 0 heterocycles. The van der Waals surface area contributed by atoms with E-state index < -0.39 is 36.5 Å². The minimum Gasteiger partial charge on any atom is -0.480 e. The lowest BCUT2D eigenvalue weighted by Crippen LogP contribution is -2.43. The average Bonchev–Trinajstić information content (AvgIpc) is 2.62. The molecule has 0 radical (unpaired) electrons. The molecule has 2 atom stereocenters. The van der Waals surface area contributed by atoms with Crippen molar-refractivity contribution in [3.8, 4) is 6.07 Å². The van der Waals surface area contributed by atoms with Gasteiger partial charge in [0, 0.05) is 13.0 Å². The van der Waals surface area contributed by atoms with E-state index in [-0.39, 0.29) is 26.0 Å². The number of hydrogen-bond donors (Lipinski definition) is 4. The molecule has 0 saturated carbocycles. The number of rotatable bonds is 10. The molecule has 1 aromatic rings. The third-order valence-corrected chi connectivity index (χ3v) is 3.29. The van der Waals surface area contributed by atoms with E-state index in [1.165, 1.54) is 0 Å². The molecule has 0 bridgehead atoms. The van der Waals surface area contributed by atoms with E-state index in [0.717, 1.165) is 5.56 Å². The van der Waals surface area contributed by atoms with Crippen molar-refractivity contribution < 1.29 is 29.3 Å². The molecule has 0 unspecified atom stereocenters. The Morgan fingerprint density at radius 2 is 1.92 bits per heavy atom. The van der Waals surface area contributed by atoms with Crippen molar-refractivity contribution >= 4 is 18.0 Å². The van der Waals surface area contributed by atoms with Crippen LogP contribution in [0.2, 0.25) is 0 Å². The fourth-order valence-corrected chi connectivity index (χ4v) is 1.98. The molecule has 0 aliphatic rings. The summed E-state index contributed by atoms with van der Waals surface area (Å²) in [4.78, 5) is 34.2. The average molecular weight is 363 g/mol. The summed E-state index contributed by atoms with van der Waals surface area (Å²) in [6.45, 7) is -0.153. The highest BCUT2D eigenvalue weighted by Crippen LogP contribution is 2.01. The van der Waals surface area contributed by atoms with E-state index in [2.05, 4.69) is 10.6 Å². The highest BCUT2D eigenvalue weighted by Gasteiger charge is 2.21. The van der Waals surface area contributed by atoms with Crippen LogP contribution in [0.1, 0.15) is 24.8 Å². The Morgan fingerprint density at radius 1 is 1.23 bits per heavy atom. The first-order chi connectivity index (χ1) is 12.4. The number of aliphatic hydroxyl groups excluding tert-OH is 1. The number of hydrogen-bond acceptors (Lipinski definition) is 6. The Morgan fingerprint density at radius 3 is 2.54 bits per heavy atom. The summed E-state index contributed by atoms with van der Waals surface area (Å²) in [5.41, 5.74) is 0.805. The second-order valence-electron chi connectivity index (χ2n) is 5.46. The molecule has 1 aromatic carbocycles. The fourth-order valence-electron chi connectivity index (χ4n) is 1.98. The maximum Gasteiger partial charge on any atom is 0.407 e. The van der Waals surface area contributed by atoms with Gasteiger partial charge in [0.2, 0.25) is 5.91 Å². The van der Waals surface area contributed by atoms with Crippen molar-refractivity contribution in [1.82, 2.24) is 10.6 Å². The van der Waals surface area contributed by atoms with Gasteiger partial charge in [0.25, 0.3) is 0 Å². The summed E-state index contributed by atoms with van der Waals surface area (Å²) in [5, 5.41) is 31.7. The minimum absolute atomic E-state index is 0.0192. The number of alkyl carbamates (subject to hydrolysis) is 1. The van der Waals surface area contributed by atoms with Crippen molar-refractivity contribution in [2.75, 3.05) is 6.54 Å². The van der Waals surface area contributed by atoms with E-state index in [0.29, 0.717) is 0 Å². The first kappa shape index (κ1) is 20.9. The Kier molecular flexibility index (Phi) is 9.20. The van der Waals surface area contributed by atoms with Crippen molar-refractivity contribution in [2.24, 2.45) is 0 Å². The van der Waals surface area contributed by atoms with Gasteiger partial charge in [0.1, 0.15) is 12.6 Å². The number of ether oxygens (including phenoxy) is 1. The van der Waals surface area contributed by atoms with Crippen LogP contribution in [0.25, 0.3) is 0 Å². The maximum absolute atomic E-state index is 11.7. The minimum atomic E-state index is -1.26. The number of carbonyl (C=O) groups is 3. The van der Waals surface area contributed by atoms with Gasteiger partial charge in [-0.2, -0.15) is 5.26 Å². The van der Waals surface area contributed by atoms with Crippen LogP contribution in [0.3, 0.4) is 0 Å². The van der Waals surface area contributed by atoms with Gasteiger partial charge in [-0.1, -0.05) is 30.3 Å². The van der Waals surface area contributed by atoms with Gasteiger partial charge in [0.15, 0.2) is 0 Å². The van der Waals surface area contributed by atoms with Gasteiger partial charge in [-0.3, -0.25) is 4.79 Å². The monoisotopic (exact) mass is 363 g/mol. The second kappa shape index (κ2) is 11.4. The van der Waals surface area contributed by atoms with Crippen molar-refractivity contribution in [3.05, 3.63) is 35.9 Å². The molecule has 2 amide bonds. The lowest BCUT2D eigenvalue weighted by molar-refractivity contribution is -0.142. The van der Waals surface area contributed by atoms with Crippen molar-refractivity contribution in [2.45, 2.75) is 38.0 Å². The van der Waals surface area contributed by atoms with Gasteiger partial charge in [-0.05, 0) is 12.0 Å².